The van der Waals surface area contributed by atoms with Crippen molar-refractivity contribution in [3.63, 3.8) is 0 Å². The molecule has 96 valence electrons. The fourth-order valence-electron chi connectivity index (χ4n) is 1.33. The van der Waals surface area contributed by atoms with Crippen molar-refractivity contribution < 1.29 is 4.52 Å². The zero-order chi connectivity index (χ0) is 13.0. The maximum atomic E-state index is 5.91. The molecule has 0 fully saturated rings. The lowest BCUT2D eigenvalue weighted by Gasteiger charge is -1.99. The van der Waals surface area contributed by atoms with Crippen molar-refractivity contribution >= 4 is 23.4 Å². The third-order valence-corrected chi connectivity index (χ3v) is 3.65. The standard InChI is InChI=1S/C12H14ClN3OS/c1-8(6-14)12-15-11(16-17-12)7-18-10-4-2-3-9(13)5-10/h2-5,8H,6-7,14H2,1H3. The molecule has 0 saturated carbocycles. The largest absolute Gasteiger partial charge is 0.339 e. The van der Waals surface area contributed by atoms with E-state index < -0.39 is 0 Å². The first kappa shape index (κ1) is 13.4. The molecule has 1 aromatic carbocycles. The van der Waals surface area contributed by atoms with Gasteiger partial charge in [-0.25, -0.2) is 0 Å². The van der Waals surface area contributed by atoms with Crippen LogP contribution in [0.4, 0.5) is 0 Å². The molecule has 2 aromatic rings. The first-order chi connectivity index (χ1) is 8.69. The minimum atomic E-state index is 0.0995. The number of nitrogens with two attached hydrogens (primary N) is 1. The molecule has 0 spiro atoms. The van der Waals surface area contributed by atoms with E-state index in [1.807, 2.05) is 31.2 Å². The molecule has 0 bridgehead atoms. The second-order valence-corrected chi connectivity index (χ2v) is 5.42. The van der Waals surface area contributed by atoms with Gasteiger partial charge in [0.1, 0.15) is 0 Å². The fraction of sp³-hybridized carbons (Fsp3) is 0.333. The van der Waals surface area contributed by atoms with E-state index in [1.165, 1.54) is 0 Å². The molecule has 0 radical (unpaired) electrons. The van der Waals surface area contributed by atoms with Gasteiger partial charge in [0.15, 0.2) is 5.82 Å². The van der Waals surface area contributed by atoms with E-state index in [1.54, 1.807) is 11.8 Å². The van der Waals surface area contributed by atoms with Gasteiger partial charge in [-0.05, 0) is 18.2 Å². The van der Waals surface area contributed by atoms with E-state index in [2.05, 4.69) is 10.1 Å². The first-order valence-electron chi connectivity index (χ1n) is 5.60. The van der Waals surface area contributed by atoms with E-state index in [4.69, 9.17) is 21.9 Å². The van der Waals surface area contributed by atoms with Gasteiger partial charge in [-0.2, -0.15) is 4.98 Å². The summed E-state index contributed by atoms with van der Waals surface area (Å²) in [6.07, 6.45) is 0. The van der Waals surface area contributed by atoms with Crippen LogP contribution in [0.3, 0.4) is 0 Å². The van der Waals surface area contributed by atoms with E-state index >= 15 is 0 Å². The molecule has 1 unspecified atom stereocenters. The predicted molar refractivity (Wildman–Crippen MR) is 72.8 cm³/mol. The van der Waals surface area contributed by atoms with Crippen molar-refractivity contribution in [2.24, 2.45) is 5.73 Å². The molecule has 1 aromatic heterocycles. The average Bonchev–Trinajstić information content (AvgIpc) is 2.84. The second-order valence-electron chi connectivity index (χ2n) is 3.93. The zero-order valence-electron chi connectivity index (χ0n) is 9.97. The molecule has 0 amide bonds. The second kappa shape index (κ2) is 6.22. The maximum Gasteiger partial charge on any atom is 0.230 e. The van der Waals surface area contributed by atoms with Gasteiger partial charge in [0.2, 0.25) is 5.89 Å². The molecule has 0 aliphatic carbocycles. The van der Waals surface area contributed by atoms with Crippen LogP contribution in [0.2, 0.25) is 5.02 Å². The third kappa shape index (κ3) is 3.48. The van der Waals surface area contributed by atoms with Gasteiger partial charge in [-0.15, -0.1) is 11.8 Å². The Hall–Kier alpha value is -1.04. The highest BCUT2D eigenvalue weighted by Gasteiger charge is 2.12. The van der Waals surface area contributed by atoms with Crippen LogP contribution in [0.25, 0.3) is 0 Å². The Morgan fingerprint density at radius 3 is 3.06 bits per heavy atom. The molecule has 1 atom stereocenters. The number of aromatic nitrogens is 2. The van der Waals surface area contributed by atoms with Crippen LogP contribution in [0.5, 0.6) is 0 Å². The Kier molecular flexibility index (Phi) is 4.63. The molecule has 1 heterocycles. The number of hydrogen-bond acceptors (Lipinski definition) is 5. The zero-order valence-corrected chi connectivity index (χ0v) is 11.5. The smallest absolute Gasteiger partial charge is 0.230 e. The molecule has 18 heavy (non-hydrogen) atoms. The highest BCUT2D eigenvalue weighted by molar-refractivity contribution is 7.98. The summed E-state index contributed by atoms with van der Waals surface area (Å²) in [5.74, 6) is 2.03. The predicted octanol–water partition coefficient (Wildman–Crippen LogP) is 3.08. The monoisotopic (exact) mass is 283 g/mol. The number of halogens is 1. The van der Waals surface area contributed by atoms with Crippen molar-refractivity contribution in [1.29, 1.82) is 0 Å². The van der Waals surface area contributed by atoms with E-state index in [9.17, 15) is 0 Å². The molecular weight excluding hydrogens is 270 g/mol. The third-order valence-electron chi connectivity index (χ3n) is 2.42. The molecule has 0 aliphatic heterocycles. The molecule has 0 aliphatic rings. The fourth-order valence-corrected chi connectivity index (χ4v) is 2.38. The minimum absolute atomic E-state index is 0.0995. The van der Waals surface area contributed by atoms with Crippen molar-refractivity contribution in [3.05, 3.63) is 41.0 Å². The van der Waals surface area contributed by atoms with Gasteiger partial charge in [-0.1, -0.05) is 29.7 Å². The van der Waals surface area contributed by atoms with Crippen molar-refractivity contribution in [2.75, 3.05) is 6.54 Å². The molecule has 0 saturated heterocycles. The summed E-state index contributed by atoms with van der Waals surface area (Å²) in [4.78, 5) is 5.39. The normalized spacial score (nSPS) is 12.6. The summed E-state index contributed by atoms with van der Waals surface area (Å²) >= 11 is 7.53. The lowest BCUT2D eigenvalue weighted by molar-refractivity contribution is 0.358. The number of hydrogen-bond donors (Lipinski definition) is 1. The van der Waals surface area contributed by atoms with Crippen LogP contribution in [0.15, 0.2) is 33.7 Å². The molecule has 2 N–H and O–H groups in total. The Balaban J connectivity index is 1.96. The minimum Gasteiger partial charge on any atom is -0.339 e. The summed E-state index contributed by atoms with van der Waals surface area (Å²) in [6.45, 7) is 2.46. The first-order valence-corrected chi connectivity index (χ1v) is 6.96. The summed E-state index contributed by atoms with van der Waals surface area (Å²) < 4.78 is 5.15. The Bertz CT molecular complexity index is 518. The molecule has 6 heteroatoms. The Morgan fingerprint density at radius 2 is 2.33 bits per heavy atom. The summed E-state index contributed by atoms with van der Waals surface area (Å²) in [5.41, 5.74) is 5.55. The summed E-state index contributed by atoms with van der Waals surface area (Å²) in [7, 11) is 0. The molecular formula is C12H14ClN3OS. The van der Waals surface area contributed by atoms with Gasteiger partial charge < -0.3 is 10.3 Å². The summed E-state index contributed by atoms with van der Waals surface area (Å²) in [5, 5.41) is 4.65. The SMILES string of the molecule is CC(CN)c1nc(CSc2cccc(Cl)c2)no1. The topological polar surface area (TPSA) is 64.9 Å². The van der Waals surface area contributed by atoms with Gasteiger partial charge >= 0.3 is 0 Å². The van der Waals surface area contributed by atoms with Gasteiger partial charge in [0.05, 0.1) is 5.75 Å². The summed E-state index contributed by atoms with van der Waals surface area (Å²) in [6, 6.07) is 7.68. The van der Waals surface area contributed by atoms with Crippen molar-refractivity contribution in [3.8, 4) is 0 Å². The number of rotatable bonds is 5. The van der Waals surface area contributed by atoms with Crippen molar-refractivity contribution in [1.82, 2.24) is 10.1 Å². The van der Waals surface area contributed by atoms with Gasteiger partial charge in [0, 0.05) is 22.4 Å². The number of nitrogens with zero attached hydrogens (tertiary/aromatic N) is 2. The molecule has 4 nitrogen and oxygen atoms in total. The van der Waals surface area contributed by atoms with Crippen LogP contribution in [0, 0.1) is 0 Å². The highest BCUT2D eigenvalue weighted by Crippen LogP contribution is 2.24. The molecule has 2 rings (SSSR count). The number of thioether (sulfide) groups is 1. The lowest BCUT2D eigenvalue weighted by Crippen LogP contribution is -2.09. The van der Waals surface area contributed by atoms with Crippen LogP contribution in [-0.2, 0) is 5.75 Å². The van der Waals surface area contributed by atoms with E-state index in [0.717, 1.165) is 9.92 Å². The van der Waals surface area contributed by atoms with Gasteiger partial charge in [0.25, 0.3) is 0 Å². The van der Waals surface area contributed by atoms with E-state index in [-0.39, 0.29) is 5.92 Å². The maximum absolute atomic E-state index is 5.91. The van der Waals surface area contributed by atoms with Crippen molar-refractivity contribution in [2.45, 2.75) is 23.5 Å². The average molecular weight is 284 g/mol. The van der Waals surface area contributed by atoms with Crippen LogP contribution < -0.4 is 5.73 Å². The Morgan fingerprint density at radius 1 is 1.50 bits per heavy atom. The lowest BCUT2D eigenvalue weighted by atomic mass is 10.2. The number of benzene rings is 1. The van der Waals surface area contributed by atoms with Crippen LogP contribution >= 0.6 is 23.4 Å². The van der Waals surface area contributed by atoms with E-state index in [0.29, 0.717) is 24.0 Å². The quantitative estimate of drug-likeness (QED) is 0.854. The highest BCUT2D eigenvalue weighted by atomic mass is 35.5. The van der Waals surface area contributed by atoms with Crippen LogP contribution in [-0.4, -0.2) is 16.7 Å². The van der Waals surface area contributed by atoms with Gasteiger partial charge in [-0.3, -0.25) is 0 Å². The Labute approximate surface area is 115 Å². The van der Waals surface area contributed by atoms with Crippen LogP contribution in [0.1, 0.15) is 24.6 Å².